The van der Waals surface area contributed by atoms with Gasteiger partial charge in [0.1, 0.15) is 16.8 Å². The summed E-state index contributed by atoms with van der Waals surface area (Å²) >= 11 is 6.02. The van der Waals surface area contributed by atoms with Crippen molar-refractivity contribution in [3.05, 3.63) is 17.0 Å². The molecule has 0 N–H and O–H groups in total. The molecule has 17 heavy (non-hydrogen) atoms. The molecule has 1 aliphatic heterocycles. The van der Waals surface area contributed by atoms with Crippen LogP contribution < -0.4 is 4.90 Å². The number of rotatable bonds is 3. The van der Waals surface area contributed by atoms with Gasteiger partial charge in [-0.3, -0.25) is 0 Å². The van der Waals surface area contributed by atoms with Crippen molar-refractivity contribution < 1.29 is 0 Å². The molecule has 0 radical (unpaired) electrons. The summed E-state index contributed by atoms with van der Waals surface area (Å²) in [4.78, 5) is 11.1. The van der Waals surface area contributed by atoms with Crippen LogP contribution in [0, 0.1) is 6.92 Å². The van der Waals surface area contributed by atoms with Crippen LogP contribution >= 0.6 is 11.6 Å². The van der Waals surface area contributed by atoms with E-state index in [0.29, 0.717) is 11.2 Å². The van der Waals surface area contributed by atoms with Crippen molar-refractivity contribution in [2.45, 2.75) is 52.0 Å². The van der Waals surface area contributed by atoms with Crippen molar-refractivity contribution in [3.63, 3.8) is 0 Å². The molecule has 0 bridgehead atoms. The summed E-state index contributed by atoms with van der Waals surface area (Å²) in [6.07, 6.45) is 6.31. The molecule has 0 spiro atoms. The normalized spacial score (nSPS) is 20.6. The van der Waals surface area contributed by atoms with Gasteiger partial charge in [0.25, 0.3) is 0 Å². The standard InChI is InChI=1S/C13H20ClN3/c1-3-6-11-7-4-5-8-17(11)13-9-12(14)15-10(2)16-13/h9,11H,3-8H2,1-2H3. The zero-order valence-corrected chi connectivity index (χ0v) is 11.4. The van der Waals surface area contributed by atoms with Crippen LogP contribution in [-0.4, -0.2) is 22.6 Å². The van der Waals surface area contributed by atoms with E-state index in [0.717, 1.165) is 18.2 Å². The molecule has 1 aromatic rings. The fourth-order valence-corrected chi connectivity index (χ4v) is 2.82. The minimum absolute atomic E-state index is 0.549. The zero-order valence-electron chi connectivity index (χ0n) is 10.6. The van der Waals surface area contributed by atoms with Crippen LogP contribution in [0.3, 0.4) is 0 Å². The molecular weight excluding hydrogens is 234 g/mol. The van der Waals surface area contributed by atoms with E-state index in [-0.39, 0.29) is 0 Å². The third-order valence-corrected chi connectivity index (χ3v) is 3.53. The van der Waals surface area contributed by atoms with Gasteiger partial charge in [0.05, 0.1) is 0 Å². The Hall–Kier alpha value is -0.830. The highest BCUT2D eigenvalue weighted by molar-refractivity contribution is 6.29. The molecule has 1 atom stereocenters. The maximum atomic E-state index is 6.02. The molecule has 2 rings (SSSR count). The predicted molar refractivity (Wildman–Crippen MR) is 71.7 cm³/mol. The number of aryl methyl sites for hydroxylation is 1. The van der Waals surface area contributed by atoms with Crippen molar-refractivity contribution in [1.82, 2.24) is 9.97 Å². The average molecular weight is 254 g/mol. The quantitative estimate of drug-likeness (QED) is 0.771. The van der Waals surface area contributed by atoms with E-state index in [4.69, 9.17) is 11.6 Å². The largest absolute Gasteiger partial charge is 0.353 e. The van der Waals surface area contributed by atoms with Gasteiger partial charge < -0.3 is 4.90 Å². The Balaban J connectivity index is 2.22. The van der Waals surface area contributed by atoms with E-state index in [9.17, 15) is 0 Å². The smallest absolute Gasteiger partial charge is 0.134 e. The van der Waals surface area contributed by atoms with E-state index in [1.165, 1.54) is 32.1 Å². The second-order valence-electron chi connectivity index (χ2n) is 4.73. The molecule has 94 valence electrons. The SMILES string of the molecule is CCCC1CCCCN1c1cc(Cl)nc(C)n1. The molecule has 0 amide bonds. The lowest BCUT2D eigenvalue weighted by Gasteiger charge is -2.36. The van der Waals surface area contributed by atoms with Gasteiger partial charge in [0, 0.05) is 18.7 Å². The Morgan fingerprint density at radius 3 is 2.94 bits per heavy atom. The van der Waals surface area contributed by atoms with Crippen LogP contribution in [-0.2, 0) is 0 Å². The molecule has 1 fully saturated rings. The molecule has 1 aromatic heterocycles. The predicted octanol–water partition coefficient (Wildman–Crippen LogP) is 3.60. The highest BCUT2D eigenvalue weighted by Crippen LogP contribution is 2.27. The third kappa shape index (κ3) is 3.09. The summed E-state index contributed by atoms with van der Waals surface area (Å²) in [5.41, 5.74) is 0. The number of hydrogen-bond acceptors (Lipinski definition) is 3. The first-order valence-electron chi connectivity index (χ1n) is 6.48. The molecule has 4 heteroatoms. The van der Waals surface area contributed by atoms with Gasteiger partial charge in [0.2, 0.25) is 0 Å². The summed E-state index contributed by atoms with van der Waals surface area (Å²) in [6.45, 7) is 5.23. The van der Waals surface area contributed by atoms with Gasteiger partial charge in [-0.25, -0.2) is 9.97 Å². The van der Waals surface area contributed by atoms with E-state index >= 15 is 0 Å². The first-order valence-corrected chi connectivity index (χ1v) is 6.86. The summed E-state index contributed by atoms with van der Waals surface area (Å²) in [6, 6.07) is 2.52. The average Bonchev–Trinajstić information content (AvgIpc) is 2.29. The third-order valence-electron chi connectivity index (χ3n) is 3.34. The van der Waals surface area contributed by atoms with Gasteiger partial charge in [-0.05, 0) is 32.6 Å². The van der Waals surface area contributed by atoms with Gasteiger partial charge in [-0.15, -0.1) is 0 Å². The van der Waals surface area contributed by atoms with Gasteiger partial charge >= 0.3 is 0 Å². The Morgan fingerprint density at radius 1 is 1.41 bits per heavy atom. The lowest BCUT2D eigenvalue weighted by atomic mass is 9.98. The summed E-state index contributed by atoms with van der Waals surface area (Å²) < 4.78 is 0. The zero-order chi connectivity index (χ0) is 12.3. The van der Waals surface area contributed by atoms with E-state index < -0.39 is 0 Å². The number of halogens is 1. The van der Waals surface area contributed by atoms with Crippen molar-refractivity contribution >= 4 is 17.4 Å². The molecule has 0 saturated carbocycles. The fourth-order valence-electron chi connectivity index (χ4n) is 2.60. The molecule has 3 nitrogen and oxygen atoms in total. The number of aromatic nitrogens is 2. The van der Waals surface area contributed by atoms with Gasteiger partial charge in [-0.2, -0.15) is 0 Å². The van der Waals surface area contributed by atoms with Crippen molar-refractivity contribution in [3.8, 4) is 0 Å². The summed E-state index contributed by atoms with van der Waals surface area (Å²) in [5.74, 6) is 1.76. The van der Waals surface area contributed by atoms with Gasteiger partial charge in [0.15, 0.2) is 0 Å². The van der Waals surface area contributed by atoms with E-state index in [1.54, 1.807) is 0 Å². The molecule has 0 aromatic carbocycles. The van der Waals surface area contributed by atoms with Crippen LogP contribution in [0.5, 0.6) is 0 Å². The molecular formula is C13H20ClN3. The Kier molecular flexibility index (Phi) is 4.21. The first kappa shape index (κ1) is 12.6. The van der Waals surface area contributed by atoms with Crippen molar-refractivity contribution in [2.75, 3.05) is 11.4 Å². The second kappa shape index (κ2) is 5.67. The molecule has 1 aliphatic rings. The maximum Gasteiger partial charge on any atom is 0.134 e. The Morgan fingerprint density at radius 2 is 2.24 bits per heavy atom. The Bertz CT molecular complexity index is 359. The highest BCUT2D eigenvalue weighted by atomic mass is 35.5. The highest BCUT2D eigenvalue weighted by Gasteiger charge is 2.23. The molecule has 1 saturated heterocycles. The number of piperidine rings is 1. The van der Waals surface area contributed by atoms with Gasteiger partial charge in [-0.1, -0.05) is 24.9 Å². The van der Waals surface area contributed by atoms with Crippen LogP contribution in [0.15, 0.2) is 6.07 Å². The molecule has 1 unspecified atom stereocenters. The van der Waals surface area contributed by atoms with Crippen molar-refractivity contribution in [1.29, 1.82) is 0 Å². The minimum Gasteiger partial charge on any atom is -0.353 e. The second-order valence-corrected chi connectivity index (χ2v) is 5.12. The summed E-state index contributed by atoms with van der Waals surface area (Å²) in [5, 5.41) is 0.549. The lowest BCUT2D eigenvalue weighted by Crippen LogP contribution is -2.40. The summed E-state index contributed by atoms with van der Waals surface area (Å²) in [7, 11) is 0. The minimum atomic E-state index is 0.549. The lowest BCUT2D eigenvalue weighted by molar-refractivity contribution is 0.431. The van der Waals surface area contributed by atoms with Crippen LogP contribution in [0.1, 0.15) is 44.9 Å². The van der Waals surface area contributed by atoms with E-state index in [2.05, 4.69) is 21.8 Å². The number of anilines is 1. The fraction of sp³-hybridized carbons (Fsp3) is 0.692. The number of nitrogens with zero attached hydrogens (tertiary/aromatic N) is 3. The van der Waals surface area contributed by atoms with Crippen LogP contribution in [0.4, 0.5) is 5.82 Å². The monoisotopic (exact) mass is 253 g/mol. The number of hydrogen-bond donors (Lipinski definition) is 0. The maximum absolute atomic E-state index is 6.02. The Labute approximate surface area is 108 Å². The topological polar surface area (TPSA) is 29.0 Å². The van der Waals surface area contributed by atoms with Crippen molar-refractivity contribution in [2.24, 2.45) is 0 Å². The molecule has 0 aliphatic carbocycles. The first-order chi connectivity index (χ1) is 8.20. The van der Waals surface area contributed by atoms with Crippen LogP contribution in [0.25, 0.3) is 0 Å². The van der Waals surface area contributed by atoms with E-state index in [1.807, 2.05) is 13.0 Å². The van der Waals surface area contributed by atoms with Crippen LogP contribution in [0.2, 0.25) is 5.15 Å². The molecule has 2 heterocycles.